The van der Waals surface area contributed by atoms with Crippen LogP contribution >= 0.6 is 0 Å². The molecule has 2 amide bonds. The van der Waals surface area contributed by atoms with Crippen LogP contribution in [0.4, 0.5) is 10.5 Å². The third-order valence-electron chi connectivity index (χ3n) is 4.34. The van der Waals surface area contributed by atoms with E-state index in [9.17, 15) is 4.79 Å². The molecule has 1 fully saturated rings. The number of aromatic nitrogens is 3. The topological polar surface area (TPSA) is 71.8 Å². The van der Waals surface area contributed by atoms with Crippen LogP contribution in [0.15, 0.2) is 36.5 Å². The maximum absolute atomic E-state index is 11.9. The van der Waals surface area contributed by atoms with Crippen LogP contribution in [0.25, 0.3) is 0 Å². The summed E-state index contributed by atoms with van der Waals surface area (Å²) >= 11 is 0. The highest BCUT2D eigenvalue weighted by molar-refractivity contribution is 5.89. The van der Waals surface area contributed by atoms with Crippen LogP contribution in [0.2, 0.25) is 0 Å². The van der Waals surface area contributed by atoms with E-state index in [2.05, 4.69) is 34.8 Å². The van der Waals surface area contributed by atoms with Gasteiger partial charge in [-0.05, 0) is 36.8 Å². The Morgan fingerprint density at radius 2 is 2.13 bits per heavy atom. The van der Waals surface area contributed by atoms with E-state index in [0.717, 1.165) is 24.2 Å². The maximum Gasteiger partial charge on any atom is 0.319 e. The van der Waals surface area contributed by atoms with Crippen LogP contribution < -0.4 is 10.6 Å². The minimum Gasteiger partial charge on any atom is -0.332 e. The first-order valence-corrected chi connectivity index (χ1v) is 8.02. The summed E-state index contributed by atoms with van der Waals surface area (Å²) in [6.45, 7) is 4.95. The smallest absolute Gasteiger partial charge is 0.319 e. The highest BCUT2D eigenvalue weighted by Gasteiger charge is 2.32. The lowest BCUT2D eigenvalue weighted by Gasteiger charge is -2.16. The average Bonchev–Trinajstić information content (AvgIpc) is 3.12. The largest absolute Gasteiger partial charge is 0.332 e. The van der Waals surface area contributed by atoms with E-state index >= 15 is 0 Å². The van der Waals surface area contributed by atoms with Crippen LogP contribution in [-0.2, 0) is 6.54 Å². The van der Waals surface area contributed by atoms with E-state index in [0.29, 0.717) is 18.0 Å². The zero-order chi connectivity index (χ0) is 16.3. The van der Waals surface area contributed by atoms with Crippen molar-refractivity contribution in [1.29, 1.82) is 0 Å². The monoisotopic (exact) mass is 313 g/mol. The number of nitrogens with zero attached hydrogens (tertiary/aromatic N) is 3. The molecule has 1 aromatic carbocycles. The van der Waals surface area contributed by atoms with Crippen LogP contribution in [0.3, 0.4) is 0 Å². The van der Waals surface area contributed by atoms with Gasteiger partial charge in [0.15, 0.2) is 0 Å². The first-order chi connectivity index (χ1) is 11.0. The Morgan fingerprint density at radius 1 is 1.35 bits per heavy atom. The van der Waals surface area contributed by atoms with E-state index in [1.54, 1.807) is 0 Å². The van der Waals surface area contributed by atoms with Gasteiger partial charge in [0.2, 0.25) is 0 Å². The molecule has 1 aliphatic carbocycles. The van der Waals surface area contributed by atoms with Gasteiger partial charge in [0.05, 0.1) is 18.8 Å². The molecule has 2 aromatic rings. The Hall–Kier alpha value is -2.37. The molecule has 6 heteroatoms. The molecule has 2 N–H and O–H groups in total. The highest BCUT2D eigenvalue weighted by atomic mass is 16.2. The SMILES string of the molecule is CC1(C)CCC(n2cc(CNC(=O)Nc3ccccc3)nn2)C1. The summed E-state index contributed by atoms with van der Waals surface area (Å²) in [5.41, 5.74) is 1.92. The fraction of sp³-hybridized carbons (Fsp3) is 0.471. The number of hydrogen-bond donors (Lipinski definition) is 2. The molecule has 1 aliphatic rings. The van der Waals surface area contributed by atoms with Gasteiger partial charge in [0.25, 0.3) is 0 Å². The van der Waals surface area contributed by atoms with Gasteiger partial charge < -0.3 is 10.6 Å². The van der Waals surface area contributed by atoms with Gasteiger partial charge in [-0.3, -0.25) is 0 Å². The molecule has 0 bridgehead atoms. The molecule has 0 radical (unpaired) electrons. The van der Waals surface area contributed by atoms with Crippen molar-refractivity contribution >= 4 is 11.7 Å². The van der Waals surface area contributed by atoms with Gasteiger partial charge in [-0.2, -0.15) is 0 Å². The molecule has 0 aliphatic heterocycles. The lowest BCUT2D eigenvalue weighted by atomic mass is 9.92. The van der Waals surface area contributed by atoms with Crippen molar-refractivity contribution in [2.45, 2.75) is 45.7 Å². The molecule has 23 heavy (non-hydrogen) atoms. The van der Waals surface area contributed by atoms with Gasteiger partial charge in [-0.15, -0.1) is 5.10 Å². The van der Waals surface area contributed by atoms with E-state index in [1.807, 2.05) is 41.2 Å². The van der Waals surface area contributed by atoms with E-state index in [4.69, 9.17) is 0 Å². The minimum atomic E-state index is -0.243. The van der Waals surface area contributed by atoms with Crippen molar-refractivity contribution in [3.8, 4) is 0 Å². The predicted octanol–water partition coefficient (Wildman–Crippen LogP) is 3.35. The molecule has 1 heterocycles. The summed E-state index contributed by atoms with van der Waals surface area (Å²) < 4.78 is 1.95. The zero-order valence-electron chi connectivity index (χ0n) is 13.6. The summed E-state index contributed by atoms with van der Waals surface area (Å²) in [7, 11) is 0. The Kier molecular flexibility index (Phi) is 4.32. The van der Waals surface area contributed by atoms with Gasteiger partial charge in [0.1, 0.15) is 5.69 Å². The van der Waals surface area contributed by atoms with E-state index in [1.165, 1.54) is 6.42 Å². The molecular formula is C17H23N5O. The number of carbonyl (C=O) groups excluding carboxylic acids is 1. The van der Waals surface area contributed by atoms with Crippen molar-refractivity contribution in [2.24, 2.45) is 5.41 Å². The molecule has 0 spiro atoms. The summed E-state index contributed by atoms with van der Waals surface area (Å²) in [6, 6.07) is 9.53. The lowest BCUT2D eigenvalue weighted by molar-refractivity contribution is 0.251. The second kappa shape index (κ2) is 6.40. The van der Waals surface area contributed by atoms with Crippen molar-refractivity contribution in [1.82, 2.24) is 20.3 Å². The molecule has 1 aromatic heterocycles. The molecule has 1 unspecified atom stereocenters. The minimum absolute atomic E-state index is 0.243. The third-order valence-corrected chi connectivity index (χ3v) is 4.34. The summed E-state index contributed by atoms with van der Waals surface area (Å²) in [4.78, 5) is 11.9. The maximum atomic E-state index is 11.9. The molecule has 1 saturated carbocycles. The Bertz CT molecular complexity index is 665. The van der Waals surface area contributed by atoms with Crippen LogP contribution in [0, 0.1) is 5.41 Å². The Morgan fingerprint density at radius 3 is 2.83 bits per heavy atom. The average molecular weight is 313 g/mol. The van der Waals surface area contributed by atoms with Crippen molar-refractivity contribution in [3.63, 3.8) is 0 Å². The van der Waals surface area contributed by atoms with Gasteiger partial charge >= 0.3 is 6.03 Å². The van der Waals surface area contributed by atoms with Gasteiger partial charge in [-0.25, -0.2) is 9.48 Å². The fourth-order valence-electron chi connectivity index (χ4n) is 3.07. The number of benzene rings is 1. The zero-order valence-corrected chi connectivity index (χ0v) is 13.6. The number of nitrogens with one attached hydrogen (secondary N) is 2. The van der Waals surface area contributed by atoms with Crippen LogP contribution in [-0.4, -0.2) is 21.0 Å². The second-order valence-electron chi connectivity index (χ2n) is 6.92. The first-order valence-electron chi connectivity index (χ1n) is 8.02. The first kappa shape index (κ1) is 15.5. The molecule has 3 rings (SSSR count). The third kappa shape index (κ3) is 4.09. The highest BCUT2D eigenvalue weighted by Crippen LogP contribution is 2.42. The number of urea groups is 1. The summed E-state index contributed by atoms with van der Waals surface area (Å²) in [5.74, 6) is 0. The van der Waals surface area contributed by atoms with E-state index < -0.39 is 0 Å². The van der Waals surface area contributed by atoms with Crippen molar-refractivity contribution in [2.75, 3.05) is 5.32 Å². The lowest BCUT2D eigenvalue weighted by Crippen LogP contribution is -2.28. The number of rotatable bonds is 4. The summed E-state index contributed by atoms with van der Waals surface area (Å²) in [5, 5.41) is 14.0. The van der Waals surface area contributed by atoms with Crippen LogP contribution in [0.1, 0.15) is 44.8 Å². The van der Waals surface area contributed by atoms with Gasteiger partial charge in [0, 0.05) is 5.69 Å². The molecular weight excluding hydrogens is 290 g/mol. The fourth-order valence-corrected chi connectivity index (χ4v) is 3.07. The molecule has 6 nitrogen and oxygen atoms in total. The number of carbonyl (C=O) groups is 1. The van der Waals surface area contributed by atoms with Crippen molar-refractivity contribution in [3.05, 3.63) is 42.2 Å². The number of hydrogen-bond acceptors (Lipinski definition) is 3. The molecule has 0 saturated heterocycles. The Labute approximate surface area is 136 Å². The number of anilines is 1. The number of amides is 2. The normalized spacial score (nSPS) is 19.5. The predicted molar refractivity (Wildman–Crippen MR) is 89.0 cm³/mol. The van der Waals surface area contributed by atoms with Gasteiger partial charge in [-0.1, -0.05) is 37.3 Å². The summed E-state index contributed by atoms with van der Waals surface area (Å²) in [6.07, 6.45) is 5.41. The second-order valence-corrected chi connectivity index (χ2v) is 6.92. The van der Waals surface area contributed by atoms with Crippen molar-refractivity contribution < 1.29 is 4.79 Å². The van der Waals surface area contributed by atoms with E-state index in [-0.39, 0.29) is 6.03 Å². The Balaban J connectivity index is 1.50. The quantitative estimate of drug-likeness (QED) is 0.909. The molecule has 122 valence electrons. The molecule has 1 atom stereocenters. The standard InChI is InChI=1S/C17H23N5O/c1-17(2)9-8-15(10-17)22-12-14(20-21-22)11-18-16(23)19-13-6-4-3-5-7-13/h3-7,12,15H,8-11H2,1-2H3,(H2,18,19,23). The van der Waals surface area contributed by atoms with Crippen LogP contribution in [0.5, 0.6) is 0 Å². The number of para-hydroxylation sites is 1.